The summed E-state index contributed by atoms with van der Waals surface area (Å²) >= 11 is 1.57. The van der Waals surface area contributed by atoms with E-state index < -0.39 is 5.60 Å². The third-order valence-corrected chi connectivity index (χ3v) is 3.68. The van der Waals surface area contributed by atoms with Gasteiger partial charge >= 0.3 is 0 Å². The van der Waals surface area contributed by atoms with Gasteiger partial charge in [0.2, 0.25) is 0 Å². The fourth-order valence-corrected chi connectivity index (χ4v) is 2.36. The summed E-state index contributed by atoms with van der Waals surface area (Å²) in [7, 11) is 0. The molecule has 0 aliphatic heterocycles. The molecule has 1 rings (SSSR count). The van der Waals surface area contributed by atoms with E-state index in [1.807, 2.05) is 55.5 Å². The Bertz CT molecular complexity index is 508. The second kappa shape index (κ2) is 7.98. The molecular weight excluding hydrogens is 268 g/mol. The highest BCUT2D eigenvalue weighted by atomic mass is 32.2. The average Bonchev–Trinajstić information content (AvgIpc) is 2.38. The highest BCUT2D eigenvalue weighted by molar-refractivity contribution is 7.99. The second-order valence-corrected chi connectivity index (χ2v) is 5.95. The minimum Gasteiger partial charge on any atom is -0.507 e. The van der Waals surface area contributed by atoms with E-state index in [2.05, 4.69) is 0 Å². The van der Waals surface area contributed by atoms with Gasteiger partial charge in [0.15, 0.2) is 0 Å². The van der Waals surface area contributed by atoms with Crippen LogP contribution in [0.2, 0.25) is 0 Å². The van der Waals surface area contributed by atoms with Gasteiger partial charge in [-0.15, -0.1) is 11.8 Å². The molecular formula is C17H22O2S. The van der Waals surface area contributed by atoms with Crippen molar-refractivity contribution in [2.45, 2.75) is 31.3 Å². The maximum absolute atomic E-state index is 9.99. The Morgan fingerprint density at radius 3 is 2.60 bits per heavy atom. The SMILES string of the molecule is C\C=C/C(=C\C=C\CSc1ccccc1O)C(C)(C)O. The second-order valence-electron chi connectivity index (χ2n) is 4.89. The molecule has 0 heterocycles. The van der Waals surface area contributed by atoms with E-state index in [4.69, 9.17) is 0 Å². The smallest absolute Gasteiger partial charge is 0.129 e. The highest BCUT2D eigenvalue weighted by Crippen LogP contribution is 2.27. The van der Waals surface area contributed by atoms with Crippen molar-refractivity contribution >= 4 is 11.8 Å². The molecule has 0 radical (unpaired) electrons. The lowest BCUT2D eigenvalue weighted by Gasteiger charge is -2.18. The van der Waals surface area contributed by atoms with Gasteiger partial charge in [-0.25, -0.2) is 0 Å². The summed E-state index contributed by atoms with van der Waals surface area (Å²) < 4.78 is 0. The number of phenols is 1. The van der Waals surface area contributed by atoms with Gasteiger partial charge in [0.1, 0.15) is 5.75 Å². The first kappa shape index (κ1) is 16.6. The van der Waals surface area contributed by atoms with E-state index in [0.29, 0.717) is 5.75 Å². The van der Waals surface area contributed by atoms with Crippen LogP contribution in [0.1, 0.15) is 20.8 Å². The maximum atomic E-state index is 9.99. The third-order valence-electron chi connectivity index (χ3n) is 2.66. The standard InChI is InChI=1S/C17H22O2S/c1-4-9-14(17(2,3)19)10-7-8-13-20-16-12-6-5-11-15(16)18/h4-12,18-19H,13H2,1-3H3/b8-7+,9-4-,14-10+. The number of phenolic OH excluding ortho intramolecular Hbond substituents is 1. The number of aromatic hydroxyl groups is 1. The lowest BCUT2D eigenvalue weighted by Crippen LogP contribution is -2.20. The topological polar surface area (TPSA) is 40.5 Å². The van der Waals surface area contributed by atoms with Crippen LogP contribution in [0, 0.1) is 0 Å². The van der Waals surface area contributed by atoms with Gasteiger partial charge in [-0.05, 0) is 38.5 Å². The molecule has 0 aliphatic rings. The molecule has 2 N–H and O–H groups in total. The zero-order valence-electron chi connectivity index (χ0n) is 12.2. The van der Waals surface area contributed by atoms with Gasteiger partial charge in [-0.3, -0.25) is 0 Å². The molecule has 0 aromatic heterocycles. The van der Waals surface area contributed by atoms with E-state index in [0.717, 1.165) is 16.2 Å². The van der Waals surface area contributed by atoms with Crippen LogP contribution in [-0.2, 0) is 0 Å². The molecule has 0 aliphatic carbocycles. The molecule has 0 saturated heterocycles. The number of rotatable bonds is 6. The van der Waals surface area contributed by atoms with Crippen molar-refractivity contribution < 1.29 is 10.2 Å². The van der Waals surface area contributed by atoms with Crippen LogP contribution in [0.4, 0.5) is 0 Å². The molecule has 0 amide bonds. The van der Waals surface area contributed by atoms with Crippen molar-refractivity contribution in [3.8, 4) is 5.75 Å². The highest BCUT2D eigenvalue weighted by Gasteiger charge is 2.15. The summed E-state index contributed by atoms with van der Waals surface area (Å²) in [4.78, 5) is 0.872. The number of benzene rings is 1. The third kappa shape index (κ3) is 5.68. The molecule has 0 fully saturated rings. The van der Waals surface area contributed by atoms with Crippen molar-refractivity contribution in [1.29, 1.82) is 0 Å². The Labute approximate surface area is 125 Å². The Morgan fingerprint density at radius 2 is 2.00 bits per heavy atom. The minimum atomic E-state index is -0.846. The normalized spacial score (nSPS) is 13.5. The maximum Gasteiger partial charge on any atom is 0.129 e. The van der Waals surface area contributed by atoms with Crippen molar-refractivity contribution in [2.75, 3.05) is 5.75 Å². The fraction of sp³-hybridized carbons (Fsp3) is 0.294. The zero-order chi connectivity index (χ0) is 15.0. The molecule has 108 valence electrons. The largest absolute Gasteiger partial charge is 0.507 e. The van der Waals surface area contributed by atoms with Crippen LogP contribution < -0.4 is 0 Å². The number of thioether (sulfide) groups is 1. The fourth-order valence-electron chi connectivity index (χ4n) is 1.59. The number of hydrogen-bond donors (Lipinski definition) is 2. The van der Waals surface area contributed by atoms with Gasteiger partial charge in [0.05, 0.1) is 5.60 Å². The van der Waals surface area contributed by atoms with Crippen molar-refractivity contribution in [1.82, 2.24) is 0 Å². The van der Waals surface area contributed by atoms with Crippen LogP contribution in [0.5, 0.6) is 5.75 Å². The minimum absolute atomic E-state index is 0.313. The van der Waals surface area contributed by atoms with Crippen molar-refractivity contribution in [3.63, 3.8) is 0 Å². The van der Waals surface area contributed by atoms with E-state index in [-0.39, 0.29) is 0 Å². The van der Waals surface area contributed by atoms with Gasteiger partial charge < -0.3 is 10.2 Å². The molecule has 0 bridgehead atoms. The molecule has 1 aromatic rings. The summed E-state index contributed by atoms with van der Waals surface area (Å²) in [5.74, 6) is 1.08. The number of para-hydroxylation sites is 1. The average molecular weight is 290 g/mol. The van der Waals surface area contributed by atoms with Crippen molar-refractivity contribution in [2.24, 2.45) is 0 Å². The van der Waals surface area contributed by atoms with E-state index in [9.17, 15) is 10.2 Å². The monoisotopic (exact) mass is 290 g/mol. The Morgan fingerprint density at radius 1 is 1.30 bits per heavy atom. The molecule has 2 nitrogen and oxygen atoms in total. The van der Waals surface area contributed by atoms with Crippen LogP contribution in [-0.4, -0.2) is 21.6 Å². The Balaban J connectivity index is 2.59. The van der Waals surface area contributed by atoms with E-state index in [1.165, 1.54) is 0 Å². The zero-order valence-corrected chi connectivity index (χ0v) is 13.0. The predicted molar refractivity (Wildman–Crippen MR) is 87.2 cm³/mol. The molecule has 0 unspecified atom stereocenters. The van der Waals surface area contributed by atoms with Crippen LogP contribution in [0.3, 0.4) is 0 Å². The predicted octanol–water partition coefficient (Wildman–Crippen LogP) is 4.31. The lowest BCUT2D eigenvalue weighted by molar-refractivity contribution is 0.124. The number of allylic oxidation sites excluding steroid dienone is 3. The lowest BCUT2D eigenvalue weighted by atomic mass is 9.97. The number of hydrogen-bond acceptors (Lipinski definition) is 3. The van der Waals surface area contributed by atoms with Crippen LogP contribution >= 0.6 is 11.8 Å². The summed E-state index contributed by atoms with van der Waals surface area (Å²) in [6.07, 6.45) is 9.66. The first-order valence-corrected chi connectivity index (χ1v) is 7.57. The molecule has 1 aromatic carbocycles. The molecule has 3 heteroatoms. The van der Waals surface area contributed by atoms with Crippen molar-refractivity contribution in [3.05, 3.63) is 60.2 Å². The Kier molecular flexibility index (Phi) is 6.62. The summed E-state index contributed by atoms with van der Waals surface area (Å²) in [5, 5.41) is 19.6. The first-order valence-electron chi connectivity index (χ1n) is 6.58. The summed E-state index contributed by atoms with van der Waals surface area (Å²) in [6, 6.07) is 7.30. The van der Waals surface area contributed by atoms with E-state index >= 15 is 0 Å². The first-order chi connectivity index (χ1) is 9.45. The molecule has 0 saturated carbocycles. The van der Waals surface area contributed by atoms with Gasteiger partial charge in [-0.2, -0.15) is 0 Å². The van der Waals surface area contributed by atoms with Gasteiger partial charge in [0, 0.05) is 10.6 Å². The van der Waals surface area contributed by atoms with Gasteiger partial charge in [-0.1, -0.05) is 42.5 Å². The van der Waals surface area contributed by atoms with Crippen LogP contribution in [0.25, 0.3) is 0 Å². The molecule has 0 spiro atoms. The number of aliphatic hydroxyl groups is 1. The quantitative estimate of drug-likeness (QED) is 0.605. The summed E-state index contributed by atoms with van der Waals surface area (Å²) in [5.41, 5.74) is 0.0191. The Hall–Kier alpha value is -1.45. The van der Waals surface area contributed by atoms with Crippen LogP contribution in [0.15, 0.2) is 65.1 Å². The summed E-state index contributed by atoms with van der Waals surface area (Å²) in [6.45, 7) is 5.46. The molecule has 20 heavy (non-hydrogen) atoms. The molecule has 0 atom stereocenters. The van der Waals surface area contributed by atoms with E-state index in [1.54, 1.807) is 31.7 Å². The van der Waals surface area contributed by atoms with Gasteiger partial charge in [0.25, 0.3) is 0 Å².